The molecule has 0 bridgehead atoms. The van der Waals surface area contributed by atoms with E-state index in [-0.39, 0.29) is 6.04 Å². The second-order valence-electron chi connectivity index (χ2n) is 4.74. The van der Waals surface area contributed by atoms with Crippen molar-refractivity contribution in [2.75, 3.05) is 0 Å². The van der Waals surface area contributed by atoms with Gasteiger partial charge in [0, 0.05) is 19.5 Å². The minimum atomic E-state index is 0.248. The zero-order valence-corrected chi connectivity index (χ0v) is 12.6. The van der Waals surface area contributed by atoms with Gasteiger partial charge >= 0.3 is 0 Å². The number of nitrogens with two attached hydrogens (primary N) is 1. The SMILES string of the molecule is CCc1nn(C)c(CC(NN)C(CC)CC)c1Cl. The van der Waals surface area contributed by atoms with E-state index in [1.54, 1.807) is 0 Å². The molecule has 0 aliphatic carbocycles. The van der Waals surface area contributed by atoms with E-state index in [0.29, 0.717) is 5.92 Å². The van der Waals surface area contributed by atoms with Crippen LogP contribution in [0.3, 0.4) is 0 Å². The van der Waals surface area contributed by atoms with Gasteiger partial charge < -0.3 is 0 Å². The van der Waals surface area contributed by atoms with Crippen molar-refractivity contribution in [2.45, 2.75) is 52.5 Å². The number of hydrogen-bond donors (Lipinski definition) is 2. The van der Waals surface area contributed by atoms with Gasteiger partial charge in [-0.15, -0.1) is 0 Å². The Kier molecular flexibility index (Phi) is 6.12. The number of hydrazine groups is 1. The minimum Gasteiger partial charge on any atom is -0.271 e. The van der Waals surface area contributed by atoms with E-state index in [2.05, 4.69) is 31.3 Å². The third-order valence-corrected chi connectivity index (χ3v) is 4.18. The fourth-order valence-electron chi connectivity index (χ4n) is 2.47. The van der Waals surface area contributed by atoms with Crippen LogP contribution in [-0.2, 0) is 19.9 Å². The topological polar surface area (TPSA) is 55.9 Å². The van der Waals surface area contributed by atoms with E-state index in [9.17, 15) is 0 Å². The second kappa shape index (κ2) is 7.12. The van der Waals surface area contributed by atoms with Crippen molar-refractivity contribution in [3.8, 4) is 0 Å². The van der Waals surface area contributed by atoms with E-state index in [1.807, 2.05) is 11.7 Å². The van der Waals surface area contributed by atoms with Gasteiger partial charge in [0.25, 0.3) is 0 Å². The molecule has 1 atom stereocenters. The third-order valence-electron chi connectivity index (χ3n) is 3.75. The average Bonchev–Trinajstić information content (AvgIpc) is 2.65. The van der Waals surface area contributed by atoms with Crippen molar-refractivity contribution in [3.05, 3.63) is 16.4 Å². The average molecular weight is 273 g/mol. The van der Waals surface area contributed by atoms with Crippen LogP contribution in [0.4, 0.5) is 0 Å². The summed E-state index contributed by atoms with van der Waals surface area (Å²) in [6.07, 6.45) is 3.91. The van der Waals surface area contributed by atoms with Crippen LogP contribution in [0.5, 0.6) is 0 Å². The third kappa shape index (κ3) is 3.25. The van der Waals surface area contributed by atoms with Gasteiger partial charge in [0.05, 0.1) is 16.4 Å². The maximum atomic E-state index is 6.37. The van der Waals surface area contributed by atoms with Crippen LogP contribution in [0, 0.1) is 5.92 Å². The molecule has 1 heterocycles. The van der Waals surface area contributed by atoms with Crippen LogP contribution in [0.25, 0.3) is 0 Å². The number of nitrogens with zero attached hydrogens (tertiary/aromatic N) is 2. The maximum Gasteiger partial charge on any atom is 0.0850 e. The predicted molar refractivity (Wildman–Crippen MR) is 76.5 cm³/mol. The molecule has 0 fully saturated rings. The monoisotopic (exact) mass is 272 g/mol. The Morgan fingerprint density at radius 1 is 1.33 bits per heavy atom. The lowest BCUT2D eigenvalue weighted by molar-refractivity contribution is 0.331. The highest BCUT2D eigenvalue weighted by Crippen LogP contribution is 2.24. The summed E-state index contributed by atoms with van der Waals surface area (Å²) < 4.78 is 1.88. The molecule has 3 N–H and O–H groups in total. The molecule has 5 heteroatoms. The summed E-state index contributed by atoms with van der Waals surface area (Å²) in [4.78, 5) is 0. The molecule has 4 nitrogen and oxygen atoms in total. The number of rotatable bonds is 7. The van der Waals surface area contributed by atoms with Crippen LogP contribution in [0.1, 0.15) is 45.0 Å². The lowest BCUT2D eigenvalue weighted by Crippen LogP contribution is -2.42. The highest BCUT2D eigenvalue weighted by molar-refractivity contribution is 6.31. The summed E-state index contributed by atoms with van der Waals surface area (Å²) in [5.41, 5.74) is 4.97. The smallest absolute Gasteiger partial charge is 0.0850 e. The molecular weight excluding hydrogens is 248 g/mol. The van der Waals surface area contributed by atoms with Gasteiger partial charge in [0.1, 0.15) is 0 Å². The Labute approximate surface area is 115 Å². The molecule has 18 heavy (non-hydrogen) atoms. The van der Waals surface area contributed by atoms with Crippen molar-refractivity contribution in [2.24, 2.45) is 18.8 Å². The van der Waals surface area contributed by atoms with Crippen LogP contribution in [0.15, 0.2) is 0 Å². The molecule has 0 saturated heterocycles. The lowest BCUT2D eigenvalue weighted by atomic mass is 9.91. The van der Waals surface area contributed by atoms with E-state index < -0.39 is 0 Å². The fraction of sp³-hybridized carbons (Fsp3) is 0.769. The molecule has 0 saturated carbocycles. The summed E-state index contributed by atoms with van der Waals surface area (Å²) in [5.74, 6) is 6.25. The Hall–Kier alpha value is -0.580. The standard InChI is InChI=1S/C13H25ClN4/c1-5-9(6-2)11(16-15)8-12-13(14)10(7-3)17-18(12)4/h9,11,16H,5-8,15H2,1-4H3. The number of aryl methyl sites for hydroxylation is 2. The molecule has 0 radical (unpaired) electrons. The Morgan fingerprint density at radius 2 is 1.94 bits per heavy atom. The second-order valence-corrected chi connectivity index (χ2v) is 5.12. The number of hydrogen-bond acceptors (Lipinski definition) is 3. The van der Waals surface area contributed by atoms with Gasteiger partial charge in [-0.2, -0.15) is 5.10 Å². The summed E-state index contributed by atoms with van der Waals surface area (Å²) >= 11 is 6.37. The van der Waals surface area contributed by atoms with Crippen molar-refractivity contribution in [1.82, 2.24) is 15.2 Å². The normalized spacial score (nSPS) is 13.3. The molecule has 0 amide bonds. The minimum absolute atomic E-state index is 0.248. The van der Waals surface area contributed by atoms with Crippen molar-refractivity contribution >= 4 is 11.6 Å². The molecular formula is C13H25ClN4. The molecule has 1 unspecified atom stereocenters. The van der Waals surface area contributed by atoms with Gasteiger partial charge in [-0.3, -0.25) is 16.0 Å². The van der Waals surface area contributed by atoms with Gasteiger partial charge in [-0.05, 0) is 12.3 Å². The molecule has 0 aromatic carbocycles. The summed E-state index contributed by atoms with van der Waals surface area (Å²) in [6.45, 7) is 6.46. The van der Waals surface area contributed by atoms with Gasteiger partial charge in [-0.25, -0.2) is 0 Å². The quantitative estimate of drug-likeness (QED) is 0.592. The largest absolute Gasteiger partial charge is 0.271 e. The maximum absolute atomic E-state index is 6.37. The number of aromatic nitrogens is 2. The first kappa shape index (κ1) is 15.5. The van der Waals surface area contributed by atoms with Crippen molar-refractivity contribution < 1.29 is 0 Å². The number of nitrogens with one attached hydrogen (secondary N) is 1. The molecule has 0 spiro atoms. The first-order valence-electron chi connectivity index (χ1n) is 6.75. The zero-order chi connectivity index (χ0) is 13.7. The van der Waals surface area contributed by atoms with Gasteiger partial charge in [-0.1, -0.05) is 45.2 Å². The molecule has 1 rings (SSSR count). The van der Waals surface area contributed by atoms with Crippen LogP contribution < -0.4 is 11.3 Å². The Balaban J connectivity index is 2.91. The highest BCUT2D eigenvalue weighted by Gasteiger charge is 2.22. The van der Waals surface area contributed by atoms with Gasteiger partial charge in [0.15, 0.2) is 0 Å². The molecule has 1 aromatic rings. The first-order chi connectivity index (χ1) is 8.58. The van der Waals surface area contributed by atoms with E-state index in [1.165, 1.54) is 0 Å². The van der Waals surface area contributed by atoms with Crippen LogP contribution in [-0.4, -0.2) is 15.8 Å². The predicted octanol–water partition coefficient (Wildman–Crippen LogP) is 2.45. The summed E-state index contributed by atoms with van der Waals surface area (Å²) in [6, 6.07) is 0.248. The van der Waals surface area contributed by atoms with Gasteiger partial charge in [0.2, 0.25) is 0 Å². The van der Waals surface area contributed by atoms with Crippen molar-refractivity contribution in [1.29, 1.82) is 0 Å². The Morgan fingerprint density at radius 3 is 2.33 bits per heavy atom. The van der Waals surface area contributed by atoms with E-state index >= 15 is 0 Å². The van der Waals surface area contributed by atoms with E-state index in [4.69, 9.17) is 17.4 Å². The molecule has 0 aliphatic heterocycles. The Bertz CT molecular complexity index is 371. The fourth-order valence-corrected chi connectivity index (χ4v) is 2.84. The molecule has 1 aromatic heterocycles. The summed E-state index contributed by atoms with van der Waals surface area (Å²) in [7, 11) is 1.95. The van der Waals surface area contributed by atoms with E-state index in [0.717, 1.165) is 42.1 Å². The van der Waals surface area contributed by atoms with Crippen molar-refractivity contribution in [3.63, 3.8) is 0 Å². The summed E-state index contributed by atoms with van der Waals surface area (Å²) in [5, 5.41) is 5.24. The highest BCUT2D eigenvalue weighted by atomic mass is 35.5. The van der Waals surface area contributed by atoms with Crippen LogP contribution >= 0.6 is 11.6 Å². The first-order valence-corrected chi connectivity index (χ1v) is 7.13. The van der Waals surface area contributed by atoms with Crippen LogP contribution in [0.2, 0.25) is 5.02 Å². The number of halogens is 1. The zero-order valence-electron chi connectivity index (χ0n) is 11.8. The lowest BCUT2D eigenvalue weighted by Gasteiger charge is -2.24. The molecule has 104 valence electrons. The molecule has 0 aliphatic rings.